The molecule has 6 nitrogen and oxygen atoms in total. The molecule has 1 fully saturated rings. The summed E-state index contributed by atoms with van der Waals surface area (Å²) in [5, 5.41) is 6.55. The number of aryl methyl sites for hydroxylation is 1. The molecular formula is C24H33ClN4O2Si. The van der Waals surface area contributed by atoms with Crippen LogP contribution in [0.1, 0.15) is 38.7 Å². The highest BCUT2D eigenvalue weighted by Gasteiger charge is 2.54. The average Bonchev–Trinajstić information content (AvgIpc) is 3.14. The minimum atomic E-state index is -1.67. The van der Waals surface area contributed by atoms with Crippen molar-refractivity contribution in [3.63, 3.8) is 0 Å². The van der Waals surface area contributed by atoms with Gasteiger partial charge in [0.25, 0.3) is 0 Å². The van der Waals surface area contributed by atoms with E-state index in [1.54, 1.807) is 6.07 Å². The Morgan fingerprint density at radius 1 is 1.16 bits per heavy atom. The van der Waals surface area contributed by atoms with Crippen LogP contribution in [0.25, 0.3) is 0 Å². The van der Waals surface area contributed by atoms with Crippen LogP contribution < -0.4 is 10.6 Å². The van der Waals surface area contributed by atoms with E-state index in [1.165, 1.54) is 0 Å². The molecule has 3 amide bonds. The van der Waals surface area contributed by atoms with Crippen LogP contribution in [0.15, 0.2) is 34.3 Å². The lowest BCUT2D eigenvalue weighted by molar-refractivity contribution is -0.125. The number of nitrogens with one attached hydrogen (secondary N) is 2. The molecule has 8 heteroatoms. The van der Waals surface area contributed by atoms with Crippen LogP contribution in [0, 0.1) is 6.92 Å². The molecule has 1 aliphatic carbocycles. The van der Waals surface area contributed by atoms with E-state index < -0.39 is 13.6 Å². The molecule has 4 rings (SSSR count). The Bertz CT molecular complexity index is 1050. The molecule has 32 heavy (non-hydrogen) atoms. The summed E-state index contributed by atoms with van der Waals surface area (Å²) in [4.78, 5) is 33.0. The van der Waals surface area contributed by atoms with E-state index in [2.05, 4.69) is 35.3 Å². The molecule has 1 aromatic rings. The molecule has 2 N–H and O–H groups in total. The first-order chi connectivity index (χ1) is 14.9. The lowest BCUT2D eigenvalue weighted by Crippen LogP contribution is -2.55. The Labute approximate surface area is 196 Å². The second kappa shape index (κ2) is 7.73. The number of amides is 3. The van der Waals surface area contributed by atoms with Gasteiger partial charge in [-0.3, -0.25) is 9.79 Å². The van der Waals surface area contributed by atoms with Gasteiger partial charge >= 0.3 is 6.03 Å². The number of amidine groups is 1. The zero-order chi connectivity index (χ0) is 23.5. The van der Waals surface area contributed by atoms with Crippen molar-refractivity contribution < 1.29 is 9.59 Å². The number of carbonyl (C=O) groups is 2. The quantitative estimate of drug-likeness (QED) is 0.581. The highest BCUT2D eigenvalue weighted by atomic mass is 35.5. The fraction of sp³-hybridized carbons (Fsp3) is 0.542. The summed E-state index contributed by atoms with van der Waals surface area (Å²) in [6.45, 7) is 13.8. The van der Waals surface area contributed by atoms with Crippen molar-refractivity contribution in [1.82, 2.24) is 10.2 Å². The number of urea groups is 1. The second-order valence-electron chi connectivity index (χ2n) is 10.8. The Morgan fingerprint density at radius 3 is 2.44 bits per heavy atom. The topological polar surface area (TPSA) is 73.8 Å². The van der Waals surface area contributed by atoms with Crippen LogP contribution >= 0.6 is 11.6 Å². The predicted octanol–water partition coefficient (Wildman–Crippen LogP) is 5.36. The summed E-state index contributed by atoms with van der Waals surface area (Å²) in [6.07, 6.45) is 3.04. The van der Waals surface area contributed by atoms with Crippen LogP contribution in [0.5, 0.6) is 0 Å². The SMILES string of the molecule is Cc1ccc(Cl)cc1NC(=O)N1CC2=C(CN=C2NC(=O)C2([Si](C)(C)C)CCC2)C1(C)C. The number of aliphatic imine (C=N–C) groups is 1. The summed E-state index contributed by atoms with van der Waals surface area (Å²) >= 11 is 6.12. The van der Waals surface area contributed by atoms with Crippen molar-refractivity contribution in [1.29, 1.82) is 0 Å². The Balaban J connectivity index is 1.51. The normalized spacial score (nSPS) is 21.1. The molecule has 0 bridgehead atoms. The van der Waals surface area contributed by atoms with E-state index in [9.17, 15) is 9.59 Å². The second-order valence-corrected chi connectivity index (χ2v) is 16.7. The van der Waals surface area contributed by atoms with Gasteiger partial charge in [-0.05, 0) is 56.9 Å². The number of benzene rings is 1. The number of anilines is 1. The molecule has 1 saturated carbocycles. The molecular weight excluding hydrogens is 440 g/mol. The third kappa shape index (κ3) is 3.59. The Hall–Kier alpha value is -2.12. The largest absolute Gasteiger partial charge is 0.322 e. The number of carbonyl (C=O) groups excluding carboxylic acids is 2. The minimum absolute atomic E-state index is 0.116. The first-order valence-electron chi connectivity index (χ1n) is 11.3. The smallest absolute Gasteiger partial charge is 0.311 e. The third-order valence-corrected chi connectivity index (χ3v) is 11.6. The summed E-state index contributed by atoms with van der Waals surface area (Å²) in [7, 11) is -1.67. The predicted molar refractivity (Wildman–Crippen MR) is 133 cm³/mol. The monoisotopic (exact) mass is 472 g/mol. The van der Waals surface area contributed by atoms with E-state index in [4.69, 9.17) is 11.6 Å². The van der Waals surface area contributed by atoms with Crippen LogP contribution in [-0.4, -0.2) is 49.4 Å². The van der Waals surface area contributed by atoms with Crippen molar-refractivity contribution in [3.8, 4) is 0 Å². The Kier molecular flexibility index (Phi) is 5.57. The van der Waals surface area contributed by atoms with Crippen LogP contribution in [-0.2, 0) is 4.79 Å². The summed E-state index contributed by atoms with van der Waals surface area (Å²) in [6, 6.07) is 5.28. The zero-order valence-electron chi connectivity index (χ0n) is 19.9. The van der Waals surface area contributed by atoms with Crippen molar-refractivity contribution in [2.45, 2.75) is 70.3 Å². The fourth-order valence-corrected chi connectivity index (χ4v) is 7.94. The molecule has 3 aliphatic rings. The number of halogens is 1. The van der Waals surface area contributed by atoms with Gasteiger partial charge in [0, 0.05) is 21.3 Å². The van der Waals surface area contributed by atoms with E-state index in [0.717, 1.165) is 36.0 Å². The fourth-order valence-electron chi connectivity index (χ4n) is 5.17. The molecule has 1 aromatic carbocycles. The number of hydrogen-bond acceptors (Lipinski definition) is 3. The molecule has 0 radical (unpaired) electrons. The zero-order valence-corrected chi connectivity index (χ0v) is 21.6. The van der Waals surface area contributed by atoms with Gasteiger partial charge in [-0.1, -0.05) is 43.7 Å². The first kappa shape index (κ1) is 23.0. The lowest BCUT2D eigenvalue weighted by Gasteiger charge is -2.49. The van der Waals surface area contributed by atoms with Gasteiger partial charge < -0.3 is 15.5 Å². The van der Waals surface area contributed by atoms with Gasteiger partial charge in [-0.25, -0.2) is 4.79 Å². The minimum Gasteiger partial charge on any atom is -0.311 e. The van der Waals surface area contributed by atoms with Crippen molar-refractivity contribution >= 4 is 43.1 Å². The molecule has 0 aromatic heterocycles. The molecule has 0 saturated heterocycles. The lowest BCUT2D eigenvalue weighted by atomic mass is 9.83. The standard InChI is InChI=1S/C24H33ClN4O2Si/c1-15-8-9-16(25)12-19(15)27-22(31)29-14-17-18(23(29,2)3)13-26-20(17)28-21(30)24(10-7-11-24)32(4,5)6/h8-9,12H,7,10-11,13-14H2,1-6H3,(H,27,31)(H,26,28,30). The molecule has 0 spiro atoms. The van der Waals surface area contributed by atoms with Crippen molar-refractivity contribution in [2.75, 3.05) is 18.4 Å². The van der Waals surface area contributed by atoms with Gasteiger partial charge in [0.1, 0.15) is 5.84 Å². The third-order valence-electron chi connectivity index (χ3n) is 7.77. The average molecular weight is 473 g/mol. The summed E-state index contributed by atoms with van der Waals surface area (Å²) in [5.41, 5.74) is 3.24. The van der Waals surface area contributed by atoms with E-state index in [-0.39, 0.29) is 17.0 Å². The van der Waals surface area contributed by atoms with Gasteiger partial charge in [-0.2, -0.15) is 0 Å². The molecule has 0 unspecified atom stereocenters. The first-order valence-corrected chi connectivity index (χ1v) is 15.2. The molecule has 172 valence electrons. The number of hydrogen-bond donors (Lipinski definition) is 2. The van der Waals surface area contributed by atoms with Crippen LogP contribution in [0.4, 0.5) is 10.5 Å². The molecule has 2 heterocycles. The van der Waals surface area contributed by atoms with Crippen molar-refractivity contribution in [3.05, 3.63) is 39.9 Å². The van der Waals surface area contributed by atoms with E-state index >= 15 is 0 Å². The maximum atomic E-state index is 13.3. The number of rotatable bonds is 3. The summed E-state index contributed by atoms with van der Waals surface area (Å²) in [5.74, 6) is 0.766. The van der Waals surface area contributed by atoms with Crippen LogP contribution in [0.3, 0.4) is 0 Å². The maximum absolute atomic E-state index is 13.3. The van der Waals surface area contributed by atoms with Gasteiger partial charge in [0.05, 0.1) is 26.7 Å². The van der Waals surface area contributed by atoms with Gasteiger partial charge in [0.15, 0.2) is 0 Å². The highest BCUT2D eigenvalue weighted by Crippen LogP contribution is 2.55. The number of nitrogens with zero attached hydrogens (tertiary/aromatic N) is 2. The van der Waals surface area contributed by atoms with E-state index in [1.807, 2.05) is 37.8 Å². The highest BCUT2D eigenvalue weighted by molar-refractivity contribution is 6.82. The van der Waals surface area contributed by atoms with Gasteiger partial charge in [0.2, 0.25) is 5.91 Å². The maximum Gasteiger partial charge on any atom is 0.322 e. The van der Waals surface area contributed by atoms with Crippen LogP contribution in [0.2, 0.25) is 29.7 Å². The molecule has 2 aliphatic heterocycles. The van der Waals surface area contributed by atoms with E-state index in [0.29, 0.717) is 29.6 Å². The Morgan fingerprint density at radius 2 is 1.84 bits per heavy atom. The van der Waals surface area contributed by atoms with Gasteiger partial charge in [-0.15, -0.1) is 0 Å². The molecule has 0 atom stereocenters. The van der Waals surface area contributed by atoms with Crippen molar-refractivity contribution in [2.24, 2.45) is 4.99 Å². The summed E-state index contributed by atoms with van der Waals surface area (Å²) < 4.78 is 0.